The van der Waals surface area contributed by atoms with E-state index in [0.29, 0.717) is 18.9 Å². The first-order chi connectivity index (χ1) is 7.96. The zero-order valence-electron chi connectivity index (χ0n) is 11.0. The Hall–Kier alpha value is -0.130. The van der Waals surface area contributed by atoms with Crippen LogP contribution in [0, 0.1) is 5.92 Å². The number of rotatable bonds is 6. The van der Waals surface area contributed by atoms with Crippen molar-refractivity contribution >= 4 is 10.0 Å². The molecule has 17 heavy (non-hydrogen) atoms. The molecular weight excluding hydrogens is 236 g/mol. The van der Waals surface area contributed by atoms with Crippen molar-refractivity contribution in [3.8, 4) is 0 Å². The Labute approximate surface area is 105 Å². The SMILES string of the molecule is CCCCS(=O)(=O)NC1(CN)CCCCC1C. The maximum Gasteiger partial charge on any atom is 0.212 e. The van der Waals surface area contributed by atoms with Crippen molar-refractivity contribution < 1.29 is 8.42 Å². The highest BCUT2D eigenvalue weighted by molar-refractivity contribution is 7.89. The molecule has 0 spiro atoms. The van der Waals surface area contributed by atoms with Gasteiger partial charge in [-0.15, -0.1) is 0 Å². The summed E-state index contributed by atoms with van der Waals surface area (Å²) < 4.78 is 26.9. The average molecular weight is 262 g/mol. The lowest BCUT2D eigenvalue weighted by atomic mass is 9.74. The van der Waals surface area contributed by atoms with E-state index < -0.39 is 15.6 Å². The van der Waals surface area contributed by atoms with Gasteiger partial charge in [0.05, 0.1) is 5.75 Å². The molecule has 0 saturated heterocycles. The van der Waals surface area contributed by atoms with Crippen LogP contribution in [0.3, 0.4) is 0 Å². The highest BCUT2D eigenvalue weighted by Crippen LogP contribution is 2.33. The molecule has 1 fully saturated rings. The molecule has 1 aliphatic carbocycles. The number of nitrogens with two attached hydrogens (primary N) is 1. The second-order valence-corrected chi connectivity index (χ2v) is 7.12. The zero-order chi connectivity index (χ0) is 12.9. The van der Waals surface area contributed by atoms with E-state index in [1.54, 1.807) is 0 Å². The molecule has 0 aliphatic heterocycles. The molecule has 2 unspecified atom stereocenters. The highest BCUT2D eigenvalue weighted by atomic mass is 32.2. The van der Waals surface area contributed by atoms with Gasteiger partial charge in [-0.2, -0.15) is 0 Å². The van der Waals surface area contributed by atoms with Crippen LogP contribution in [0.1, 0.15) is 52.4 Å². The van der Waals surface area contributed by atoms with Crippen LogP contribution >= 0.6 is 0 Å². The molecular formula is C12H26N2O2S. The first-order valence-corrected chi connectivity index (χ1v) is 8.33. The standard InChI is InChI=1S/C12H26N2O2S/c1-3-4-9-17(15,16)14-12(10-13)8-6-5-7-11(12)2/h11,14H,3-10,13H2,1-2H3. The van der Waals surface area contributed by atoms with Crippen LogP contribution in [0.4, 0.5) is 0 Å². The van der Waals surface area contributed by atoms with Crippen molar-refractivity contribution in [2.45, 2.75) is 57.9 Å². The van der Waals surface area contributed by atoms with Crippen LogP contribution in [0.25, 0.3) is 0 Å². The van der Waals surface area contributed by atoms with Gasteiger partial charge < -0.3 is 5.73 Å². The van der Waals surface area contributed by atoms with Crippen LogP contribution in [0.15, 0.2) is 0 Å². The van der Waals surface area contributed by atoms with Gasteiger partial charge in [-0.05, 0) is 25.2 Å². The van der Waals surface area contributed by atoms with Crippen LogP contribution in [0.5, 0.6) is 0 Å². The smallest absolute Gasteiger partial charge is 0.212 e. The van der Waals surface area contributed by atoms with E-state index in [1.807, 2.05) is 6.92 Å². The maximum atomic E-state index is 12.0. The lowest BCUT2D eigenvalue weighted by Gasteiger charge is -2.42. The molecule has 102 valence electrons. The normalized spacial score (nSPS) is 30.4. The lowest BCUT2D eigenvalue weighted by molar-refractivity contribution is 0.191. The van der Waals surface area contributed by atoms with Crippen LogP contribution in [-0.2, 0) is 10.0 Å². The van der Waals surface area contributed by atoms with E-state index >= 15 is 0 Å². The minimum Gasteiger partial charge on any atom is -0.329 e. The van der Waals surface area contributed by atoms with E-state index in [4.69, 9.17) is 5.73 Å². The van der Waals surface area contributed by atoms with Gasteiger partial charge in [0.2, 0.25) is 10.0 Å². The summed E-state index contributed by atoms with van der Waals surface area (Å²) >= 11 is 0. The molecule has 0 heterocycles. The number of sulfonamides is 1. The third kappa shape index (κ3) is 3.93. The van der Waals surface area contributed by atoms with Crippen molar-refractivity contribution in [3.05, 3.63) is 0 Å². The Morgan fingerprint density at radius 2 is 2.12 bits per heavy atom. The van der Waals surface area contributed by atoms with Crippen LogP contribution in [-0.4, -0.2) is 26.3 Å². The summed E-state index contributed by atoms with van der Waals surface area (Å²) in [6.07, 6.45) is 5.79. The predicted molar refractivity (Wildman–Crippen MR) is 71.2 cm³/mol. The van der Waals surface area contributed by atoms with Gasteiger partial charge in [0, 0.05) is 12.1 Å². The molecule has 5 heteroatoms. The zero-order valence-corrected chi connectivity index (χ0v) is 11.9. The minimum absolute atomic E-state index is 0.220. The molecule has 0 aromatic carbocycles. The molecule has 2 atom stereocenters. The third-order valence-corrected chi connectivity index (χ3v) is 5.49. The van der Waals surface area contributed by atoms with E-state index in [9.17, 15) is 8.42 Å². The first-order valence-electron chi connectivity index (χ1n) is 6.67. The maximum absolute atomic E-state index is 12.0. The number of unbranched alkanes of at least 4 members (excludes halogenated alkanes) is 1. The number of hydrogen-bond donors (Lipinski definition) is 2. The van der Waals surface area contributed by atoms with Crippen molar-refractivity contribution in [2.75, 3.05) is 12.3 Å². The first kappa shape index (κ1) is 14.9. The van der Waals surface area contributed by atoms with E-state index in [2.05, 4.69) is 11.6 Å². The molecule has 0 amide bonds. The van der Waals surface area contributed by atoms with Crippen LogP contribution < -0.4 is 10.5 Å². The molecule has 0 bridgehead atoms. The average Bonchev–Trinajstić information content (AvgIpc) is 2.29. The van der Waals surface area contributed by atoms with Crippen molar-refractivity contribution in [1.82, 2.24) is 4.72 Å². The molecule has 1 aliphatic rings. The molecule has 0 aromatic rings. The fourth-order valence-electron chi connectivity index (χ4n) is 2.61. The quantitative estimate of drug-likeness (QED) is 0.764. The molecule has 4 nitrogen and oxygen atoms in total. The summed E-state index contributed by atoms with van der Waals surface area (Å²) in [5.74, 6) is 0.551. The Kier molecular flexibility index (Phi) is 5.41. The summed E-state index contributed by atoms with van der Waals surface area (Å²) in [5.41, 5.74) is 5.44. The molecule has 3 N–H and O–H groups in total. The molecule has 0 radical (unpaired) electrons. The Morgan fingerprint density at radius 1 is 1.41 bits per heavy atom. The van der Waals surface area contributed by atoms with Gasteiger partial charge in [0.1, 0.15) is 0 Å². The lowest BCUT2D eigenvalue weighted by Crippen LogP contribution is -2.59. The summed E-state index contributed by atoms with van der Waals surface area (Å²) in [4.78, 5) is 0. The second-order valence-electron chi connectivity index (χ2n) is 5.28. The topological polar surface area (TPSA) is 72.2 Å². The Morgan fingerprint density at radius 3 is 2.65 bits per heavy atom. The monoisotopic (exact) mass is 262 g/mol. The fraction of sp³-hybridized carbons (Fsp3) is 1.00. The largest absolute Gasteiger partial charge is 0.329 e. The van der Waals surface area contributed by atoms with Gasteiger partial charge in [-0.25, -0.2) is 13.1 Å². The summed E-state index contributed by atoms with van der Waals surface area (Å²) in [5, 5.41) is 0. The second kappa shape index (κ2) is 6.16. The summed E-state index contributed by atoms with van der Waals surface area (Å²) in [6.45, 7) is 4.51. The predicted octanol–water partition coefficient (Wildman–Crippen LogP) is 1.61. The summed E-state index contributed by atoms with van der Waals surface area (Å²) in [7, 11) is -3.18. The van der Waals surface area contributed by atoms with E-state index in [0.717, 1.165) is 25.7 Å². The Balaban J connectivity index is 2.74. The van der Waals surface area contributed by atoms with Gasteiger partial charge in [-0.1, -0.05) is 33.1 Å². The molecule has 1 saturated carbocycles. The minimum atomic E-state index is -3.18. The highest BCUT2D eigenvalue weighted by Gasteiger charge is 2.39. The summed E-state index contributed by atoms with van der Waals surface area (Å²) in [6, 6.07) is 0. The molecule has 1 rings (SSSR count). The van der Waals surface area contributed by atoms with Crippen molar-refractivity contribution in [3.63, 3.8) is 0 Å². The van der Waals surface area contributed by atoms with Crippen molar-refractivity contribution in [2.24, 2.45) is 11.7 Å². The van der Waals surface area contributed by atoms with Gasteiger partial charge >= 0.3 is 0 Å². The number of hydrogen-bond acceptors (Lipinski definition) is 3. The van der Waals surface area contributed by atoms with Gasteiger partial charge in [0.25, 0.3) is 0 Å². The van der Waals surface area contributed by atoms with E-state index in [1.165, 1.54) is 6.42 Å². The van der Waals surface area contributed by atoms with Crippen molar-refractivity contribution in [1.29, 1.82) is 0 Å². The van der Waals surface area contributed by atoms with E-state index in [-0.39, 0.29) is 5.75 Å². The third-order valence-electron chi connectivity index (χ3n) is 3.94. The van der Waals surface area contributed by atoms with Gasteiger partial charge in [0.15, 0.2) is 0 Å². The van der Waals surface area contributed by atoms with Crippen LogP contribution in [0.2, 0.25) is 0 Å². The van der Waals surface area contributed by atoms with Gasteiger partial charge in [-0.3, -0.25) is 0 Å². The fourth-order valence-corrected chi connectivity index (χ4v) is 4.38. The Bertz CT molecular complexity index is 329. The molecule has 0 aromatic heterocycles. The number of nitrogens with one attached hydrogen (secondary N) is 1.